The molecule has 25 heavy (non-hydrogen) atoms. The fraction of sp³-hybridized carbons (Fsp3) is 0.235. The van der Waals surface area contributed by atoms with Gasteiger partial charge in [0.25, 0.3) is 5.69 Å². The van der Waals surface area contributed by atoms with Gasteiger partial charge >= 0.3 is 0 Å². The van der Waals surface area contributed by atoms with Crippen LogP contribution in [0.2, 0.25) is 0 Å². The average Bonchev–Trinajstić information content (AvgIpc) is 2.64. The third kappa shape index (κ3) is 3.72. The molecule has 0 aliphatic carbocycles. The second-order valence-corrected chi connectivity index (χ2v) is 4.95. The number of hydrogen-bond donors (Lipinski definition) is 1. The lowest BCUT2D eigenvalue weighted by molar-refractivity contribution is -0.384. The number of nitriles is 1. The van der Waals surface area contributed by atoms with Gasteiger partial charge in [0.1, 0.15) is 6.07 Å². The van der Waals surface area contributed by atoms with Crippen molar-refractivity contribution >= 4 is 11.4 Å². The SMILES string of the molecule is COc1ccc(CNc2ccc([N+](=O)[O-])cc2C#N)c(OC)c1OC. The molecule has 0 heterocycles. The Labute approximate surface area is 144 Å². The number of nitrogens with zero attached hydrogens (tertiary/aromatic N) is 2. The zero-order valence-corrected chi connectivity index (χ0v) is 14.0. The predicted octanol–water partition coefficient (Wildman–Crippen LogP) is 3.10. The highest BCUT2D eigenvalue weighted by atomic mass is 16.6. The van der Waals surface area contributed by atoms with Gasteiger partial charge in [0.05, 0.1) is 37.5 Å². The van der Waals surface area contributed by atoms with Crippen LogP contribution in [0.25, 0.3) is 0 Å². The summed E-state index contributed by atoms with van der Waals surface area (Å²) in [6.07, 6.45) is 0. The maximum Gasteiger partial charge on any atom is 0.270 e. The maximum atomic E-state index is 10.8. The highest BCUT2D eigenvalue weighted by Crippen LogP contribution is 2.40. The molecule has 8 nitrogen and oxygen atoms in total. The van der Waals surface area contributed by atoms with Crippen LogP contribution in [0.3, 0.4) is 0 Å². The van der Waals surface area contributed by atoms with Gasteiger partial charge in [-0.3, -0.25) is 10.1 Å². The zero-order valence-electron chi connectivity index (χ0n) is 14.0. The summed E-state index contributed by atoms with van der Waals surface area (Å²) in [6, 6.07) is 9.59. The molecule has 0 saturated heterocycles. The molecule has 0 fully saturated rings. The largest absolute Gasteiger partial charge is 0.493 e. The molecule has 2 rings (SSSR count). The monoisotopic (exact) mass is 343 g/mol. The highest BCUT2D eigenvalue weighted by Gasteiger charge is 2.16. The van der Waals surface area contributed by atoms with Crippen LogP contribution in [0.5, 0.6) is 17.2 Å². The number of methoxy groups -OCH3 is 3. The van der Waals surface area contributed by atoms with Crippen LogP contribution in [-0.2, 0) is 6.54 Å². The predicted molar refractivity (Wildman–Crippen MR) is 91.2 cm³/mol. The lowest BCUT2D eigenvalue weighted by atomic mass is 10.1. The Bertz CT molecular complexity index is 830. The number of nitrogens with one attached hydrogen (secondary N) is 1. The smallest absolute Gasteiger partial charge is 0.270 e. The number of benzene rings is 2. The van der Waals surface area contributed by atoms with Gasteiger partial charge in [0.15, 0.2) is 11.5 Å². The standard InChI is InChI=1S/C17H17N3O5/c1-23-15-7-4-11(16(24-2)17(15)25-3)10-19-14-6-5-13(20(21)22)8-12(14)9-18/h4-8,19H,10H2,1-3H3. The number of non-ortho nitro benzene ring substituents is 1. The Kier molecular flexibility index (Phi) is 5.63. The van der Waals surface area contributed by atoms with Gasteiger partial charge in [-0.15, -0.1) is 0 Å². The topological polar surface area (TPSA) is 107 Å². The summed E-state index contributed by atoms with van der Waals surface area (Å²) in [5.41, 5.74) is 1.33. The molecule has 0 spiro atoms. The number of ether oxygens (including phenoxy) is 3. The van der Waals surface area contributed by atoms with E-state index in [4.69, 9.17) is 14.2 Å². The van der Waals surface area contributed by atoms with Crippen molar-refractivity contribution in [2.45, 2.75) is 6.54 Å². The van der Waals surface area contributed by atoms with Crippen molar-refractivity contribution in [3.8, 4) is 23.3 Å². The van der Waals surface area contributed by atoms with Gasteiger partial charge in [0, 0.05) is 24.2 Å². The fourth-order valence-corrected chi connectivity index (χ4v) is 2.39. The minimum Gasteiger partial charge on any atom is -0.493 e. The molecule has 0 bridgehead atoms. The van der Waals surface area contributed by atoms with Gasteiger partial charge in [-0.05, 0) is 18.2 Å². The maximum absolute atomic E-state index is 10.8. The normalized spacial score (nSPS) is 9.84. The lowest BCUT2D eigenvalue weighted by Crippen LogP contribution is -2.05. The number of hydrogen-bond acceptors (Lipinski definition) is 7. The summed E-state index contributed by atoms with van der Waals surface area (Å²) >= 11 is 0. The summed E-state index contributed by atoms with van der Waals surface area (Å²) in [4.78, 5) is 10.3. The third-order valence-electron chi connectivity index (χ3n) is 3.59. The molecule has 0 atom stereocenters. The summed E-state index contributed by atoms with van der Waals surface area (Å²) in [6.45, 7) is 0.329. The molecule has 0 saturated carbocycles. The van der Waals surface area contributed by atoms with Gasteiger partial charge < -0.3 is 19.5 Å². The van der Waals surface area contributed by atoms with E-state index in [1.54, 1.807) is 6.07 Å². The molecular weight excluding hydrogens is 326 g/mol. The first-order valence-electron chi connectivity index (χ1n) is 7.26. The van der Waals surface area contributed by atoms with Crippen molar-refractivity contribution in [1.29, 1.82) is 5.26 Å². The molecule has 0 aliphatic heterocycles. The van der Waals surface area contributed by atoms with E-state index in [-0.39, 0.29) is 11.3 Å². The van der Waals surface area contributed by atoms with E-state index in [1.165, 1.54) is 39.5 Å². The Hall–Kier alpha value is -3.47. The lowest BCUT2D eigenvalue weighted by Gasteiger charge is -2.16. The molecule has 0 amide bonds. The first kappa shape index (κ1) is 17.9. The highest BCUT2D eigenvalue weighted by molar-refractivity contribution is 5.62. The van der Waals surface area contributed by atoms with Gasteiger partial charge in [-0.1, -0.05) is 0 Å². The zero-order chi connectivity index (χ0) is 18.4. The molecule has 2 aromatic carbocycles. The Balaban J connectivity index is 2.30. The first-order valence-corrected chi connectivity index (χ1v) is 7.26. The van der Waals surface area contributed by atoms with E-state index in [1.807, 2.05) is 12.1 Å². The summed E-state index contributed by atoms with van der Waals surface area (Å²) < 4.78 is 16.0. The van der Waals surface area contributed by atoms with E-state index >= 15 is 0 Å². The first-order chi connectivity index (χ1) is 12.0. The van der Waals surface area contributed by atoms with E-state index < -0.39 is 4.92 Å². The number of nitro benzene ring substituents is 1. The molecule has 1 N–H and O–H groups in total. The quantitative estimate of drug-likeness (QED) is 0.608. The molecule has 130 valence electrons. The molecular formula is C17H17N3O5. The van der Waals surface area contributed by atoms with E-state index in [9.17, 15) is 15.4 Å². The number of rotatable bonds is 7. The molecule has 0 unspecified atom stereocenters. The molecule has 2 aromatic rings. The fourth-order valence-electron chi connectivity index (χ4n) is 2.39. The number of anilines is 1. The van der Waals surface area contributed by atoms with Crippen LogP contribution in [0, 0.1) is 21.4 Å². The van der Waals surface area contributed by atoms with Crippen LogP contribution >= 0.6 is 0 Å². The molecule has 0 aliphatic rings. The average molecular weight is 343 g/mol. The van der Waals surface area contributed by atoms with Crippen LogP contribution in [-0.4, -0.2) is 26.3 Å². The minimum atomic E-state index is -0.540. The Morgan fingerprint density at radius 1 is 1.12 bits per heavy atom. The Morgan fingerprint density at radius 3 is 2.40 bits per heavy atom. The summed E-state index contributed by atoms with van der Waals surface area (Å²) in [5.74, 6) is 1.51. The van der Waals surface area contributed by atoms with Gasteiger partial charge in [0.2, 0.25) is 5.75 Å². The molecule has 8 heteroatoms. The van der Waals surface area contributed by atoms with E-state index in [0.29, 0.717) is 29.5 Å². The van der Waals surface area contributed by atoms with Crippen molar-refractivity contribution < 1.29 is 19.1 Å². The van der Waals surface area contributed by atoms with Crippen molar-refractivity contribution in [2.24, 2.45) is 0 Å². The summed E-state index contributed by atoms with van der Waals surface area (Å²) in [7, 11) is 4.57. The third-order valence-corrected chi connectivity index (χ3v) is 3.59. The van der Waals surface area contributed by atoms with E-state index in [0.717, 1.165) is 5.56 Å². The van der Waals surface area contributed by atoms with Gasteiger partial charge in [-0.2, -0.15) is 5.26 Å². The van der Waals surface area contributed by atoms with Crippen molar-refractivity contribution in [3.05, 3.63) is 51.6 Å². The minimum absolute atomic E-state index is 0.134. The van der Waals surface area contributed by atoms with Crippen molar-refractivity contribution in [2.75, 3.05) is 26.6 Å². The second-order valence-electron chi connectivity index (χ2n) is 4.95. The Morgan fingerprint density at radius 2 is 1.84 bits per heavy atom. The van der Waals surface area contributed by atoms with Gasteiger partial charge in [-0.25, -0.2) is 0 Å². The summed E-state index contributed by atoms with van der Waals surface area (Å²) in [5, 5.41) is 23.1. The van der Waals surface area contributed by atoms with E-state index in [2.05, 4.69) is 5.32 Å². The molecule has 0 radical (unpaired) electrons. The molecule has 0 aromatic heterocycles. The second kappa shape index (κ2) is 7.88. The van der Waals surface area contributed by atoms with Crippen LogP contribution in [0.4, 0.5) is 11.4 Å². The van der Waals surface area contributed by atoms with Crippen molar-refractivity contribution in [3.63, 3.8) is 0 Å². The number of nitro groups is 1. The van der Waals surface area contributed by atoms with Crippen LogP contribution < -0.4 is 19.5 Å². The van der Waals surface area contributed by atoms with Crippen molar-refractivity contribution in [1.82, 2.24) is 0 Å². The van der Waals surface area contributed by atoms with Crippen LogP contribution in [0.1, 0.15) is 11.1 Å². The van der Waals surface area contributed by atoms with Crippen LogP contribution in [0.15, 0.2) is 30.3 Å².